The van der Waals surface area contributed by atoms with Crippen molar-refractivity contribution in [3.8, 4) is 17.0 Å². The normalized spacial score (nSPS) is 10.1. The van der Waals surface area contributed by atoms with Crippen LogP contribution in [0.1, 0.15) is 6.92 Å². The number of benzene rings is 1. The smallest absolute Gasteiger partial charge is 0.308 e. The van der Waals surface area contributed by atoms with Gasteiger partial charge in [-0.2, -0.15) is 5.10 Å². The summed E-state index contributed by atoms with van der Waals surface area (Å²) in [4.78, 5) is 22.5. The van der Waals surface area contributed by atoms with E-state index in [2.05, 4.69) is 5.10 Å². The van der Waals surface area contributed by atoms with Crippen LogP contribution in [0.4, 0.5) is 0 Å². The molecule has 0 spiro atoms. The van der Waals surface area contributed by atoms with Crippen molar-refractivity contribution in [2.45, 2.75) is 6.92 Å². The van der Waals surface area contributed by atoms with Crippen LogP contribution in [0.5, 0.6) is 5.75 Å². The summed E-state index contributed by atoms with van der Waals surface area (Å²) in [5.74, 6) is -0.306. The van der Waals surface area contributed by atoms with Crippen LogP contribution in [-0.2, 0) is 11.8 Å². The number of rotatable bonds is 2. The molecule has 1 aromatic heterocycles. The average Bonchev–Trinajstić information content (AvgIpc) is 2.34. The van der Waals surface area contributed by atoms with Crippen molar-refractivity contribution in [1.29, 1.82) is 0 Å². The number of carbonyl (C=O) groups excluding carboxylic acids is 1. The maximum atomic E-state index is 11.5. The van der Waals surface area contributed by atoms with Crippen molar-refractivity contribution in [3.05, 3.63) is 46.8 Å². The molecule has 5 nitrogen and oxygen atoms in total. The van der Waals surface area contributed by atoms with Gasteiger partial charge in [-0.15, -0.1) is 0 Å². The fourth-order valence-corrected chi connectivity index (χ4v) is 1.55. The third-order valence-corrected chi connectivity index (χ3v) is 2.36. The zero-order chi connectivity index (χ0) is 13.1. The largest absolute Gasteiger partial charge is 0.424 e. The van der Waals surface area contributed by atoms with Crippen molar-refractivity contribution in [3.63, 3.8) is 0 Å². The molecule has 0 aliphatic carbocycles. The lowest BCUT2D eigenvalue weighted by molar-refractivity contribution is -0.131. The fourth-order valence-electron chi connectivity index (χ4n) is 1.55. The molecule has 2 aromatic rings. The molecule has 0 aliphatic rings. The summed E-state index contributed by atoms with van der Waals surface area (Å²) in [6.45, 7) is 1.28. The van der Waals surface area contributed by atoms with Crippen LogP contribution < -0.4 is 10.3 Å². The quantitative estimate of drug-likeness (QED) is 0.748. The van der Waals surface area contributed by atoms with Crippen molar-refractivity contribution in [2.24, 2.45) is 7.05 Å². The van der Waals surface area contributed by atoms with Crippen LogP contribution >= 0.6 is 0 Å². The number of carbonyl (C=O) groups is 1. The van der Waals surface area contributed by atoms with Gasteiger partial charge in [-0.25, -0.2) is 4.68 Å². The molecule has 0 aliphatic heterocycles. The molecule has 0 bridgehead atoms. The Morgan fingerprint density at radius 2 is 1.94 bits per heavy atom. The van der Waals surface area contributed by atoms with Crippen LogP contribution in [0.2, 0.25) is 0 Å². The van der Waals surface area contributed by atoms with E-state index in [-0.39, 0.29) is 11.3 Å². The second-order valence-corrected chi connectivity index (χ2v) is 3.78. The van der Waals surface area contributed by atoms with E-state index in [1.807, 2.05) is 30.3 Å². The van der Waals surface area contributed by atoms with Gasteiger partial charge in [0.1, 0.15) is 5.69 Å². The Morgan fingerprint density at radius 1 is 1.28 bits per heavy atom. The Kier molecular flexibility index (Phi) is 3.23. The molecule has 1 heterocycles. The molecule has 0 N–H and O–H groups in total. The predicted octanol–water partition coefficient (Wildman–Crippen LogP) is 1.37. The van der Waals surface area contributed by atoms with E-state index in [4.69, 9.17) is 4.74 Å². The molecular formula is C13H12N2O3. The topological polar surface area (TPSA) is 61.2 Å². The number of ether oxygens (including phenoxy) is 1. The molecule has 0 amide bonds. The first-order chi connectivity index (χ1) is 8.58. The minimum absolute atomic E-state index is 0.178. The van der Waals surface area contributed by atoms with Crippen molar-refractivity contribution >= 4 is 5.97 Å². The second kappa shape index (κ2) is 4.83. The summed E-state index contributed by atoms with van der Waals surface area (Å²) < 4.78 is 6.22. The van der Waals surface area contributed by atoms with Gasteiger partial charge < -0.3 is 4.74 Å². The van der Waals surface area contributed by atoms with Crippen molar-refractivity contribution in [2.75, 3.05) is 0 Å². The summed E-state index contributed by atoms with van der Waals surface area (Å²) in [7, 11) is 1.55. The Balaban J connectivity index is 2.61. The van der Waals surface area contributed by atoms with Gasteiger partial charge in [-0.3, -0.25) is 9.59 Å². The highest BCUT2D eigenvalue weighted by Crippen LogP contribution is 2.25. The Hall–Kier alpha value is -2.43. The summed E-state index contributed by atoms with van der Waals surface area (Å²) in [5.41, 5.74) is 0.920. The minimum Gasteiger partial charge on any atom is -0.424 e. The van der Waals surface area contributed by atoms with Crippen LogP contribution in [0.3, 0.4) is 0 Å². The first kappa shape index (κ1) is 12.0. The molecule has 0 unspecified atom stereocenters. The monoisotopic (exact) mass is 244 g/mol. The maximum absolute atomic E-state index is 11.5. The molecular weight excluding hydrogens is 232 g/mol. The van der Waals surface area contributed by atoms with Gasteiger partial charge in [0.2, 0.25) is 0 Å². The molecule has 5 heteroatoms. The van der Waals surface area contributed by atoms with E-state index < -0.39 is 5.97 Å². The summed E-state index contributed by atoms with van der Waals surface area (Å²) >= 11 is 0. The van der Waals surface area contributed by atoms with Gasteiger partial charge >= 0.3 is 5.97 Å². The van der Waals surface area contributed by atoms with Crippen molar-refractivity contribution in [1.82, 2.24) is 9.78 Å². The number of aryl methyl sites for hydroxylation is 1. The zero-order valence-corrected chi connectivity index (χ0v) is 10.1. The summed E-state index contributed by atoms with van der Waals surface area (Å²) in [5, 5.41) is 4.12. The van der Waals surface area contributed by atoms with Gasteiger partial charge in [-0.1, -0.05) is 30.3 Å². The highest BCUT2D eigenvalue weighted by atomic mass is 16.5. The van der Waals surface area contributed by atoms with Gasteiger partial charge in [0.25, 0.3) is 5.56 Å². The van der Waals surface area contributed by atoms with Crippen LogP contribution in [-0.4, -0.2) is 15.7 Å². The molecule has 0 saturated carbocycles. The molecule has 0 atom stereocenters. The number of aromatic nitrogens is 2. The molecule has 92 valence electrons. The second-order valence-electron chi connectivity index (χ2n) is 3.78. The highest BCUT2D eigenvalue weighted by molar-refractivity contribution is 5.74. The number of hydrogen-bond acceptors (Lipinski definition) is 4. The maximum Gasteiger partial charge on any atom is 0.308 e. The van der Waals surface area contributed by atoms with Crippen LogP contribution in [0, 0.1) is 0 Å². The number of hydrogen-bond donors (Lipinski definition) is 0. The molecule has 2 rings (SSSR count). The Bertz CT molecular complexity index is 632. The van der Waals surface area contributed by atoms with E-state index in [0.717, 1.165) is 5.56 Å². The van der Waals surface area contributed by atoms with Crippen molar-refractivity contribution < 1.29 is 9.53 Å². The lowest BCUT2D eigenvalue weighted by Crippen LogP contribution is -2.20. The summed E-state index contributed by atoms with van der Waals surface area (Å²) in [6, 6.07) is 10.5. The lowest BCUT2D eigenvalue weighted by atomic mass is 10.1. The van der Waals surface area contributed by atoms with E-state index in [1.54, 1.807) is 7.05 Å². The SMILES string of the molecule is CC(=O)Oc1cc(=O)n(C)nc1-c1ccccc1. The third kappa shape index (κ3) is 2.45. The van der Waals surface area contributed by atoms with Crippen LogP contribution in [0.15, 0.2) is 41.2 Å². The predicted molar refractivity (Wildman–Crippen MR) is 66.2 cm³/mol. The molecule has 0 saturated heterocycles. The Labute approximate surface area is 104 Å². The lowest BCUT2D eigenvalue weighted by Gasteiger charge is -2.09. The minimum atomic E-state index is -0.484. The van der Waals surface area contributed by atoms with Crippen LogP contribution in [0.25, 0.3) is 11.3 Å². The average molecular weight is 244 g/mol. The molecule has 18 heavy (non-hydrogen) atoms. The first-order valence-corrected chi connectivity index (χ1v) is 5.40. The van der Waals surface area contributed by atoms with E-state index in [1.165, 1.54) is 17.7 Å². The summed E-state index contributed by atoms with van der Waals surface area (Å²) in [6.07, 6.45) is 0. The molecule has 0 radical (unpaired) electrons. The van der Waals surface area contributed by atoms with Gasteiger partial charge in [0.05, 0.1) is 6.07 Å². The number of nitrogens with zero attached hydrogens (tertiary/aromatic N) is 2. The van der Waals surface area contributed by atoms with Gasteiger partial charge in [-0.05, 0) is 0 Å². The third-order valence-electron chi connectivity index (χ3n) is 2.36. The Morgan fingerprint density at radius 3 is 2.56 bits per heavy atom. The van der Waals surface area contributed by atoms with E-state index >= 15 is 0 Å². The number of esters is 1. The zero-order valence-electron chi connectivity index (χ0n) is 10.1. The standard InChI is InChI=1S/C13H12N2O3/c1-9(16)18-11-8-12(17)15(2)14-13(11)10-6-4-3-5-7-10/h3-8H,1-2H3. The van der Waals surface area contributed by atoms with Gasteiger partial charge in [0, 0.05) is 19.5 Å². The molecule has 1 aromatic carbocycles. The van der Waals surface area contributed by atoms with E-state index in [0.29, 0.717) is 5.69 Å². The van der Waals surface area contributed by atoms with Gasteiger partial charge in [0.15, 0.2) is 5.75 Å². The highest BCUT2D eigenvalue weighted by Gasteiger charge is 2.12. The molecule has 0 fully saturated rings. The first-order valence-electron chi connectivity index (χ1n) is 5.40. The fraction of sp³-hybridized carbons (Fsp3) is 0.154. The van der Waals surface area contributed by atoms with E-state index in [9.17, 15) is 9.59 Å².